The van der Waals surface area contributed by atoms with Crippen molar-refractivity contribution in [2.24, 2.45) is 7.05 Å². The largest absolute Gasteiger partial charge is 0.497 e. The number of hydrogen-bond acceptors (Lipinski definition) is 4. The maximum Gasteiger partial charge on any atom is 0.261 e. The maximum absolute atomic E-state index is 12.0. The molecule has 5 heteroatoms. The summed E-state index contributed by atoms with van der Waals surface area (Å²) in [6.07, 6.45) is 0.551. The molecule has 5 nitrogen and oxygen atoms in total. The molecule has 0 radical (unpaired) electrons. The average Bonchev–Trinajstić information content (AvgIpc) is 2.49. The van der Waals surface area contributed by atoms with E-state index in [2.05, 4.69) is 0 Å². The number of nitrogens with zero attached hydrogens (tertiary/aromatic N) is 1. The van der Waals surface area contributed by atoms with Crippen LogP contribution in [0.3, 0.4) is 0 Å². The first-order valence-electron chi connectivity index (χ1n) is 6.00. The third-order valence-electron chi connectivity index (χ3n) is 3.14. The van der Waals surface area contributed by atoms with Gasteiger partial charge in [0.05, 0.1) is 25.5 Å². The molecule has 20 heavy (non-hydrogen) atoms. The second-order valence-corrected chi connectivity index (χ2v) is 4.22. The summed E-state index contributed by atoms with van der Waals surface area (Å²) in [5.41, 5.74) is 1.15. The van der Waals surface area contributed by atoms with Crippen LogP contribution in [-0.2, 0) is 7.05 Å². The van der Waals surface area contributed by atoms with Crippen LogP contribution in [0.5, 0.6) is 11.5 Å². The van der Waals surface area contributed by atoms with Gasteiger partial charge in [0.15, 0.2) is 6.29 Å². The first kappa shape index (κ1) is 13.9. The summed E-state index contributed by atoms with van der Waals surface area (Å²) in [6.45, 7) is 0. The molecule has 2 aromatic rings. The molecule has 0 spiro atoms. The van der Waals surface area contributed by atoms with Gasteiger partial charge in [0.2, 0.25) is 0 Å². The van der Waals surface area contributed by atoms with E-state index in [0.29, 0.717) is 23.5 Å². The number of benzene rings is 1. The Bertz CT molecular complexity index is 704. The smallest absolute Gasteiger partial charge is 0.261 e. The van der Waals surface area contributed by atoms with Crippen LogP contribution in [0.2, 0.25) is 0 Å². The Balaban J connectivity index is 2.70. The van der Waals surface area contributed by atoms with Gasteiger partial charge in [-0.2, -0.15) is 0 Å². The van der Waals surface area contributed by atoms with Crippen molar-refractivity contribution in [3.05, 3.63) is 46.2 Å². The molecule has 0 aliphatic rings. The Morgan fingerprint density at radius 3 is 2.45 bits per heavy atom. The topological polar surface area (TPSA) is 57.5 Å². The van der Waals surface area contributed by atoms with Gasteiger partial charge in [-0.15, -0.1) is 0 Å². The summed E-state index contributed by atoms with van der Waals surface area (Å²) < 4.78 is 11.9. The number of aromatic nitrogens is 1. The Morgan fingerprint density at radius 2 is 1.85 bits per heavy atom. The van der Waals surface area contributed by atoms with Crippen molar-refractivity contribution < 1.29 is 14.3 Å². The second kappa shape index (κ2) is 5.61. The SMILES string of the molecule is COc1ccc(OC)c(-c2ccc(C=O)c(=O)n2C)c1. The Morgan fingerprint density at radius 1 is 1.10 bits per heavy atom. The van der Waals surface area contributed by atoms with Crippen molar-refractivity contribution in [2.45, 2.75) is 0 Å². The number of rotatable bonds is 4. The third-order valence-corrected chi connectivity index (χ3v) is 3.14. The highest BCUT2D eigenvalue weighted by Gasteiger charge is 2.12. The molecule has 0 aliphatic heterocycles. The van der Waals surface area contributed by atoms with E-state index in [1.54, 1.807) is 45.5 Å². The van der Waals surface area contributed by atoms with Gasteiger partial charge < -0.3 is 14.0 Å². The first-order chi connectivity index (χ1) is 9.62. The van der Waals surface area contributed by atoms with Crippen LogP contribution in [0.4, 0.5) is 0 Å². The highest BCUT2D eigenvalue weighted by Crippen LogP contribution is 2.32. The number of ether oxygens (including phenoxy) is 2. The minimum atomic E-state index is -0.345. The number of carbonyl (C=O) groups excluding carboxylic acids is 1. The van der Waals surface area contributed by atoms with Crippen LogP contribution in [0.25, 0.3) is 11.3 Å². The summed E-state index contributed by atoms with van der Waals surface area (Å²) in [6, 6.07) is 8.55. The standard InChI is InChI=1S/C15H15NO4/c1-16-13(6-4-10(9-17)15(16)18)12-8-11(19-2)5-7-14(12)20-3/h4-9H,1-3H3. The summed E-state index contributed by atoms with van der Waals surface area (Å²) in [7, 11) is 4.74. The lowest BCUT2D eigenvalue weighted by Crippen LogP contribution is -2.22. The molecule has 0 atom stereocenters. The molecule has 0 saturated heterocycles. The van der Waals surface area contributed by atoms with E-state index in [-0.39, 0.29) is 11.1 Å². The predicted octanol–water partition coefficient (Wildman–Crippen LogP) is 1.88. The van der Waals surface area contributed by atoms with Crippen LogP contribution in [0.1, 0.15) is 10.4 Å². The van der Waals surface area contributed by atoms with E-state index < -0.39 is 0 Å². The molecule has 1 aromatic heterocycles. The number of aldehydes is 1. The van der Waals surface area contributed by atoms with Gasteiger partial charge in [-0.25, -0.2) is 0 Å². The summed E-state index contributed by atoms with van der Waals surface area (Å²) in [5, 5.41) is 0. The van der Waals surface area contributed by atoms with E-state index in [1.165, 1.54) is 10.6 Å². The molecule has 1 heterocycles. The minimum absolute atomic E-state index is 0.123. The summed E-state index contributed by atoms with van der Waals surface area (Å²) in [4.78, 5) is 22.8. The van der Waals surface area contributed by atoms with E-state index in [4.69, 9.17) is 9.47 Å². The molecular formula is C15H15NO4. The van der Waals surface area contributed by atoms with Crippen LogP contribution < -0.4 is 15.0 Å². The van der Waals surface area contributed by atoms with Crippen molar-refractivity contribution in [2.75, 3.05) is 14.2 Å². The predicted molar refractivity (Wildman–Crippen MR) is 75.6 cm³/mol. The zero-order chi connectivity index (χ0) is 14.7. The third kappa shape index (κ3) is 2.30. The lowest BCUT2D eigenvalue weighted by atomic mass is 10.1. The Kier molecular flexibility index (Phi) is 3.89. The number of pyridine rings is 1. The fourth-order valence-electron chi connectivity index (χ4n) is 2.03. The molecule has 0 unspecified atom stereocenters. The molecule has 0 N–H and O–H groups in total. The van der Waals surface area contributed by atoms with Crippen LogP contribution in [0.15, 0.2) is 35.1 Å². The Hall–Kier alpha value is -2.56. The molecule has 0 saturated carbocycles. The van der Waals surface area contributed by atoms with E-state index >= 15 is 0 Å². The van der Waals surface area contributed by atoms with Gasteiger partial charge in [0, 0.05) is 12.6 Å². The molecule has 1 aromatic carbocycles. The normalized spacial score (nSPS) is 10.2. The fraction of sp³-hybridized carbons (Fsp3) is 0.200. The van der Waals surface area contributed by atoms with Gasteiger partial charge in [0.1, 0.15) is 11.5 Å². The first-order valence-corrected chi connectivity index (χ1v) is 6.00. The second-order valence-electron chi connectivity index (χ2n) is 4.22. The fourth-order valence-corrected chi connectivity index (χ4v) is 2.03. The maximum atomic E-state index is 12.0. The molecule has 104 valence electrons. The van der Waals surface area contributed by atoms with Crippen LogP contribution >= 0.6 is 0 Å². The lowest BCUT2D eigenvalue weighted by Gasteiger charge is -2.13. The molecular weight excluding hydrogens is 258 g/mol. The highest BCUT2D eigenvalue weighted by atomic mass is 16.5. The van der Waals surface area contributed by atoms with Gasteiger partial charge in [0.25, 0.3) is 5.56 Å². The van der Waals surface area contributed by atoms with Crippen molar-refractivity contribution >= 4 is 6.29 Å². The van der Waals surface area contributed by atoms with Crippen LogP contribution in [0, 0.1) is 0 Å². The quantitative estimate of drug-likeness (QED) is 0.798. The van der Waals surface area contributed by atoms with E-state index in [9.17, 15) is 9.59 Å². The number of carbonyl (C=O) groups is 1. The summed E-state index contributed by atoms with van der Waals surface area (Å²) in [5.74, 6) is 1.28. The Labute approximate surface area is 116 Å². The van der Waals surface area contributed by atoms with Crippen molar-refractivity contribution in [3.63, 3.8) is 0 Å². The van der Waals surface area contributed by atoms with Gasteiger partial charge in [-0.3, -0.25) is 9.59 Å². The van der Waals surface area contributed by atoms with E-state index in [0.717, 1.165) is 5.56 Å². The van der Waals surface area contributed by atoms with Crippen molar-refractivity contribution in [1.29, 1.82) is 0 Å². The number of hydrogen-bond donors (Lipinski definition) is 0. The van der Waals surface area contributed by atoms with Gasteiger partial charge >= 0.3 is 0 Å². The molecule has 0 bridgehead atoms. The van der Waals surface area contributed by atoms with Crippen LogP contribution in [-0.4, -0.2) is 25.1 Å². The van der Waals surface area contributed by atoms with Gasteiger partial charge in [-0.05, 0) is 30.3 Å². The lowest BCUT2D eigenvalue weighted by molar-refractivity contribution is 0.112. The monoisotopic (exact) mass is 273 g/mol. The molecule has 0 aliphatic carbocycles. The molecule has 2 rings (SSSR count). The molecule has 0 amide bonds. The van der Waals surface area contributed by atoms with Gasteiger partial charge in [-0.1, -0.05) is 0 Å². The van der Waals surface area contributed by atoms with Crippen molar-refractivity contribution in [3.8, 4) is 22.8 Å². The summed E-state index contributed by atoms with van der Waals surface area (Å²) >= 11 is 0. The zero-order valence-corrected chi connectivity index (χ0v) is 11.5. The highest BCUT2D eigenvalue weighted by molar-refractivity contribution is 5.76. The minimum Gasteiger partial charge on any atom is -0.497 e. The zero-order valence-electron chi connectivity index (χ0n) is 11.5. The molecule has 0 fully saturated rings. The van der Waals surface area contributed by atoms with Crippen molar-refractivity contribution in [1.82, 2.24) is 4.57 Å². The number of methoxy groups -OCH3 is 2. The van der Waals surface area contributed by atoms with E-state index in [1.807, 2.05) is 0 Å². The average molecular weight is 273 g/mol.